The minimum atomic E-state index is -4.17. The molecule has 0 heterocycles. The molecule has 0 aromatic heterocycles. The number of hydrogen-bond donors (Lipinski definition) is 2. The molecule has 0 radical (unpaired) electrons. The summed E-state index contributed by atoms with van der Waals surface area (Å²) >= 11 is 0. The molecule has 37 heavy (non-hydrogen) atoms. The molecule has 10 nitrogen and oxygen atoms in total. The molecule has 0 aliphatic rings. The Kier molecular flexibility index (Phi) is 8.86. The van der Waals surface area contributed by atoms with Gasteiger partial charge in [-0.2, -0.15) is 5.10 Å². The van der Waals surface area contributed by atoms with E-state index in [1.807, 2.05) is 0 Å². The van der Waals surface area contributed by atoms with E-state index in [2.05, 4.69) is 15.8 Å². The van der Waals surface area contributed by atoms with Gasteiger partial charge in [-0.3, -0.25) is 13.9 Å². The van der Waals surface area contributed by atoms with Crippen LogP contribution in [0.3, 0.4) is 0 Å². The number of hydrogen-bond acceptors (Lipinski definition) is 7. The average molecular weight is 525 g/mol. The molecule has 0 spiro atoms. The van der Waals surface area contributed by atoms with Gasteiger partial charge < -0.3 is 14.8 Å². The number of rotatable bonds is 10. The quantitative estimate of drug-likeness (QED) is 0.309. The van der Waals surface area contributed by atoms with E-state index in [4.69, 9.17) is 9.47 Å². The number of anilines is 2. The predicted molar refractivity (Wildman–Crippen MR) is 142 cm³/mol. The number of nitrogens with one attached hydrogen (secondary N) is 2. The highest BCUT2D eigenvalue weighted by Crippen LogP contribution is 2.32. The Balaban J connectivity index is 1.86. The summed E-state index contributed by atoms with van der Waals surface area (Å²) in [4.78, 5) is 24.1. The molecule has 2 amide bonds. The van der Waals surface area contributed by atoms with Crippen LogP contribution in [0.5, 0.6) is 11.5 Å². The molecule has 194 valence electrons. The van der Waals surface area contributed by atoms with Crippen molar-refractivity contribution in [1.82, 2.24) is 5.43 Å². The summed E-state index contributed by atoms with van der Waals surface area (Å²) in [6.07, 6.45) is 0. The maximum absolute atomic E-state index is 13.6. The van der Waals surface area contributed by atoms with Crippen LogP contribution in [0.1, 0.15) is 19.4 Å². The van der Waals surface area contributed by atoms with Crippen molar-refractivity contribution in [2.45, 2.75) is 18.7 Å². The summed E-state index contributed by atoms with van der Waals surface area (Å²) in [6.45, 7) is 2.56. The van der Waals surface area contributed by atoms with Crippen LogP contribution >= 0.6 is 0 Å². The number of amides is 2. The number of sulfonamides is 1. The molecule has 0 saturated heterocycles. The summed E-state index contributed by atoms with van der Waals surface area (Å²) in [5.74, 6) is -0.248. The van der Waals surface area contributed by atoms with Gasteiger partial charge >= 0.3 is 0 Å². The topological polar surface area (TPSA) is 126 Å². The summed E-state index contributed by atoms with van der Waals surface area (Å²) in [5, 5.41) is 6.80. The maximum atomic E-state index is 13.6. The third-order valence-corrected chi connectivity index (χ3v) is 6.99. The first kappa shape index (κ1) is 27.2. The third kappa shape index (κ3) is 6.85. The second kappa shape index (κ2) is 12.0. The molecule has 0 fully saturated rings. The van der Waals surface area contributed by atoms with E-state index in [0.717, 1.165) is 4.31 Å². The van der Waals surface area contributed by atoms with Gasteiger partial charge in [0.25, 0.3) is 15.9 Å². The van der Waals surface area contributed by atoms with Crippen LogP contribution in [0.2, 0.25) is 0 Å². The zero-order chi connectivity index (χ0) is 27.0. The van der Waals surface area contributed by atoms with Crippen molar-refractivity contribution in [3.8, 4) is 11.5 Å². The van der Waals surface area contributed by atoms with Crippen LogP contribution in [-0.4, -0.2) is 46.7 Å². The van der Waals surface area contributed by atoms with Crippen molar-refractivity contribution in [3.05, 3.63) is 78.4 Å². The van der Waals surface area contributed by atoms with Crippen molar-refractivity contribution < 1.29 is 27.5 Å². The minimum Gasteiger partial charge on any atom is -0.493 e. The van der Waals surface area contributed by atoms with Crippen LogP contribution in [0.25, 0.3) is 0 Å². The van der Waals surface area contributed by atoms with Crippen LogP contribution < -0.4 is 24.5 Å². The number of ether oxygens (including phenoxy) is 2. The zero-order valence-corrected chi connectivity index (χ0v) is 21.7. The molecule has 0 saturated carbocycles. The number of methoxy groups -OCH3 is 2. The zero-order valence-electron chi connectivity index (χ0n) is 20.9. The Morgan fingerprint density at radius 1 is 0.892 bits per heavy atom. The van der Waals surface area contributed by atoms with Crippen LogP contribution in [0.4, 0.5) is 11.4 Å². The smallest absolute Gasteiger partial charge is 0.264 e. The second-order valence-electron chi connectivity index (χ2n) is 7.86. The van der Waals surface area contributed by atoms with Gasteiger partial charge in [-0.25, -0.2) is 13.8 Å². The molecule has 0 aliphatic carbocycles. The van der Waals surface area contributed by atoms with Gasteiger partial charge in [-0.05, 0) is 48.9 Å². The fraction of sp³-hybridized carbons (Fsp3) is 0.192. The molecule has 0 aliphatic heterocycles. The molecule has 11 heteroatoms. The van der Waals surface area contributed by atoms with Crippen LogP contribution in [-0.2, 0) is 19.6 Å². The average Bonchev–Trinajstić information content (AvgIpc) is 2.90. The minimum absolute atomic E-state index is 0.0729. The fourth-order valence-electron chi connectivity index (χ4n) is 3.42. The summed E-state index contributed by atoms with van der Waals surface area (Å²) in [7, 11) is -1.31. The van der Waals surface area contributed by atoms with E-state index in [9.17, 15) is 18.0 Å². The van der Waals surface area contributed by atoms with Crippen LogP contribution in [0.15, 0.2) is 82.8 Å². The molecule has 3 aromatic carbocycles. The number of nitrogens with zero attached hydrogens (tertiary/aromatic N) is 2. The summed E-state index contributed by atoms with van der Waals surface area (Å²) in [5.41, 5.74) is 4.44. The van der Waals surface area contributed by atoms with E-state index < -0.39 is 22.5 Å². The Bertz CT molecular complexity index is 1410. The third-order valence-electron chi connectivity index (χ3n) is 5.22. The Labute approximate surface area is 216 Å². The molecule has 0 bridgehead atoms. The van der Waals surface area contributed by atoms with Gasteiger partial charge in [-0.1, -0.05) is 30.3 Å². The monoisotopic (exact) mass is 524 g/mol. The largest absolute Gasteiger partial charge is 0.493 e. The molecule has 0 atom stereocenters. The van der Waals surface area contributed by atoms with Gasteiger partial charge in [0, 0.05) is 18.7 Å². The standard InChI is InChI=1S/C26H28N4O6S/c1-18(20-9-8-10-21(15-20)27-19(2)31)28-29-26(32)17-30(22-11-6-5-7-12-22)37(33,34)23-13-14-24(35-3)25(16-23)36-4/h5-16H,17H2,1-4H3,(H,27,31)(H,29,32)/b28-18-. The van der Waals surface area contributed by atoms with Gasteiger partial charge in [0.15, 0.2) is 11.5 Å². The van der Waals surface area contributed by atoms with Crippen molar-refractivity contribution >= 4 is 38.9 Å². The normalized spacial score (nSPS) is 11.4. The predicted octanol–water partition coefficient (Wildman–Crippen LogP) is 3.40. The van der Waals surface area contributed by atoms with Gasteiger partial charge in [0.1, 0.15) is 6.54 Å². The highest BCUT2D eigenvalue weighted by atomic mass is 32.2. The van der Waals surface area contributed by atoms with Crippen LogP contribution in [0, 0.1) is 0 Å². The van der Waals surface area contributed by atoms with E-state index in [1.165, 1.54) is 39.3 Å². The molecule has 3 rings (SSSR count). The number of carbonyl (C=O) groups excluding carboxylic acids is 2. The SMILES string of the molecule is COc1ccc(S(=O)(=O)N(CC(=O)N/N=C(/C)c2cccc(NC(C)=O)c2)c2ccccc2)cc1OC. The summed E-state index contributed by atoms with van der Waals surface area (Å²) in [6, 6.07) is 19.4. The summed E-state index contributed by atoms with van der Waals surface area (Å²) < 4.78 is 38.6. The molecular weight excluding hydrogens is 496 g/mol. The highest BCUT2D eigenvalue weighted by molar-refractivity contribution is 7.92. The van der Waals surface area contributed by atoms with Crippen molar-refractivity contribution in [2.75, 3.05) is 30.4 Å². The lowest BCUT2D eigenvalue weighted by atomic mass is 10.1. The highest BCUT2D eigenvalue weighted by Gasteiger charge is 2.28. The molecular formula is C26H28N4O6S. The van der Waals surface area contributed by atoms with Gasteiger partial charge in [0.2, 0.25) is 5.91 Å². The van der Waals surface area contributed by atoms with E-state index >= 15 is 0 Å². The number of para-hydroxylation sites is 1. The number of carbonyl (C=O) groups is 2. The fourth-order valence-corrected chi connectivity index (χ4v) is 4.85. The Hall–Kier alpha value is -4.38. The lowest BCUT2D eigenvalue weighted by molar-refractivity contribution is -0.119. The first-order valence-corrected chi connectivity index (χ1v) is 12.6. The van der Waals surface area contributed by atoms with E-state index in [0.29, 0.717) is 28.4 Å². The number of hydrazone groups is 1. The van der Waals surface area contributed by atoms with Crippen molar-refractivity contribution in [1.29, 1.82) is 0 Å². The first-order chi connectivity index (χ1) is 17.6. The molecule has 0 unspecified atom stereocenters. The Morgan fingerprint density at radius 2 is 1.59 bits per heavy atom. The molecule has 3 aromatic rings. The van der Waals surface area contributed by atoms with Crippen molar-refractivity contribution in [2.24, 2.45) is 5.10 Å². The lowest BCUT2D eigenvalue weighted by Crippen LogP contribution is -2.39. The second-order valence-corrected chi connectivity index (χ2v) is 9.72. The van der Waals surface area contributed by atoms with E-state index in [-0.39, 0.29) is 16.6 Å². The van der Waals surface area contributed by atoms with E-state index in [1.54, 1.807) is 61.5 Å². The van der Waals surface area contributed by atoms with Crippen molar-refractivity contribution in [3.63, 3.8) is 0 Å². The molecule has 2 N–H and O–H groups in total. The first-order valence-electron chi connectivity index (χ1n) is 11.2. The number of benzene rings is 3. The van der Waals surface area contributed by atoms with Gasteiger partial charge in [0.05, 0.1) is 30.5 Å². The Morgan fingerprint density at radius 3 is 2.24 bits per heavy atom. The van der Waals surface area contributed by atoms with Gasteiger partial charge in [-0.15, -0.1) is 0 Å². The lowest BCUT2D eigenvalue weighted by Gasteiger charge is -2.24. The maximum Gasteiger partial charge on any atom is 0.264 e.